The zero-order chi connectivity index (χ0) is 22.5. The maximum atomic E-state index is 12.8. The summed E-state index contributed by atoms with van der Waals surface area (Å²) in [7, 11) is 0. The number of hydrogen-bond donors (Lipinski definition) is 2. The Labute approximate surface area is 194 Å². The highest BCUT2D eigenvalue weighted by molar-refractivity contribution is 6.34. The van der Waals surface area contributed by atoms with E-state index in [2.05, 4.69) is 25.5 Å². The summed E-state index contributed by atoms with van der Waals surface area (Å²) in [6.45, 7) is 2.70. The van der Waals surface area contributed by atoms with Crippen LogP contribution in [0.1, 0.15) is 20.7 Å². The van der Waals surface area contributed by atoms with Crippen LogP contribution >= 0.6 is 23.2 Å². The summed E-state index contributed by atoms with van der Waals surface area (Å²) in [5, 5.41) is 6.16. The normalized spacial score (nSPS) is 13.5. The summed E-state index contributed by atoms with van der Waals surface area (Å²) < 4.78 is 5.36. The van der Waals surface area contributed by atoms with E-state index in [1.165, 1.54) is 12.3 Å². The molecule has 0 radical (unpaired) electrons. The van der Waals surface area contributed by atoms with E-state index < -0.39 is 5.91 Å². The number of ether oxygens (including phenoxy) is 1. The van der Waals surface area contributed by atoms with E-state index in [1.807, 2.05) is 0 Å². The number of hydrogen-bond acceptors (Lipinski definition) is 6. The van der Waals surface area contributed by atoms with Gasteiger partial charge in [0.15, 0.2) is 0 Å². The van der Waals surface area contributed by atoms with Crippen molar-refractivity contribution in [2.24, 2.45) is 0 Å². The molecular weight excluding hydrogens is 453 g/mol. The second-order valence-electron chi connectivity index (χ2n) is 6.97. The van der Waals surface area contributed by atoms with Crippen molar-refractivity contribution in [3.8, 4) is 0 Å². The van der Waals surface area contributed by atoms with Gasteiger partial charge in [0.25, 0.3) is 11.8 Å². The monoisotopic (exact) mass is 471 g/mol. The Balaban J connectivity index is 1.47. The van der Waals surface area contributed by atoms with Gasteiger partial charge >= 0.3 is 0 Å². The third-order valence-corrected chi connectivity index (χ3v) is 5.36. The highest BCUT2D eigenvalue weighted by atomic mass is 35.5. The molecule has 0 aliphatic carbocycles. The summed E-state index contributed by atoms with van der Waals surface area (Å²) in [5.41, 5.74) is 1.63. The lowest BCUT2D eigenvalue weighted by Crippen LogP contribution is -2.36. The average molecular weight is 472 g/mol. The molecule has 32 heavy (non-hydrogen) atoms. The quantitative estimate of drug-likeness (QED) is 0.543. The van der Waals surface area contributed by atoms with Crippen molar-refractivity contribution in [2.45, 2.75) is 0 Å². The number of rotatable bonds is 5. The van der Waals surface area contributed by atoms with Gasteiger partial charge in [0.2, 0.25) is 0 Å². The highest BCUT2D eigenvalue weighted by Gasteiger charge is 2.16. The summed E-state index contributed by atoms with van der Waals surface area (Å²) in [6.07, 6.45) is 2.97. The molecule has 1 aromatic carbocycles. The Kier molecular flexibility index (Phi) is 6.84. The highest BCUT2D eigenvalue weighted by Crippen LogP contribution is 2.27. The number of aromatic nitrogens is 2. The minimum atomic E-state index is -0.399. The minimum absolute atomic E-state index is 0.289. The largest absolute Gasteiger partial charge is 0.378 e. The zero-order valence-electron chi connectivity index (χ0n) is 16.8. The van der Waals surface area contributed by atoms with Gasteiger partial charge in [-0.3, -0.25) is 9.59 Å². The molecule has 1 fully saturated rings. The van der Waals surface area contributed by atoms with Gasteiger partial charge in [-0.2, -0.15) is 0 Å². The van der Waals surface area contributed by atoms with Gasteiger partial charge in [0.05, 0.1) is 29.5 Å². The Morgan fingerprint density at radius 3 is 2.44 bits per heavy atom. The molecule has 1 saturated heterocycles. The van der Waals surface area contributed by atoms with Crippen molar-refractivity contribution >= 4 is 52.2 Å². The molecule has 0 unspecified atom stereocenters. The summed E-state index contributed by atoms with van der Waals surface area (Å²) >= 11 is 12.0. The van der Waals surface area contributed by atoms with Crippen molar-refractivity contribution < 1.29 is 14.3 Å². The first-order chi connectivity index (χ1) is 15.5. The van der Waals surface area contributed by atoms with Gasteiger partial charge in [-0.15, -0.1) is 0 Å². The topological polar surface area (TPSA) is 96.5 Å². The van der Waals surface area contributed by atoms with Crippen LogP contribution in [0.25, 0.3) is 0 Å². The van der Waals surface area contributed by atoms with E-state index in [4.69, 9.17) is 27.9 Å². The summed E-state index contributed by atoms with van der Waals surface area (Å²) in [4.78, 5) is 35.6. The van der Waals surface area contributed by atoms with Gasteiger partial charge in [-0.1, -0.05) is 23.2 Å². The number of halogens is 2. The SMILES string of the molecule is O=C(Nc1ccc(Cl)c(NC(=O)c2ccc(Cl)nc2)c1)c1ccnc(N2CCOCC2)c1. The number of carbonyl (C=O) groups is 2. The average Bonchev–Trinajstić information content (AvgIpc) is 2.82. The fourth-order valence-corrected chi connectivity index (χ4v) is 3.41. The predicted octanol–water partition coefficient (Wildman–Crippen LogP) is 4.12. The lowest BCUT2D eigenvalue weighted by molar-refractivity contribution is 0.101. The predicted molar refractivity (Wildman–Crippen MR) is 124 cm³/mol. The van der Waals surface area contributed by atoms with Crippen LogP contribution in [0.3, 0.4) is 0 Å². The van der Waals surface area contributed by atoms with E-state index in [1.54, 1.807) is 42.6 Å². The number of anilines is 3. The summed E-state index contributed by atoms with van der Waals surface area (Å²) in [5.74, 6) is 0.0221. The Morgan fingerprint density at radius 2 is 1.69 bits per heavy atom. The van der Waals surface area contributed by atoms with Crippen LogP contribution in [0.5, 0.6) is 0 Å². The first-order valence-corrected chi connectivity index (χ1v) is 10.6. The lowest BCUT2D eigenvalue weighted by Gasteiger charge is -2.27. The fraction of sp³-hybridized carbons (Fsp3) is 0.182. The number of pyridine rings is 2. The molecule has 0 atom stereocenters. The van der Waals surface area contributed by atoms with E-state index in [-0.39, 0.29) is 11.1 Å². The van der Waals surface area contributed by atoms with Gasteiger partial charge < -0.3 is 20.3 Å². The summed E-state index contributed by atoms with van der Waals surface area (Å²) in [6, 6.07) is 11.3. The standard InChI is InChI=1S/C22H19Cl2N5O3/c23-17-3-2-16(12-18(17)28-22(31)15-1-4-19(24)26-13-15)27-21(30)14-5-6-25-20(11-14)29-7-9-32-10-8-29/h1-6,11-13H,7-10H2,(H,27,30)(H,28,31). The van der Waals surface area contributed by atoms with Crippen LogP contribution in [0, 0.1) is 0 Å². The van der Waals surface area contributed by atoms with E-state index in [9.17, 15) is 9.59 Å². The van der Waals surface area contributed by atoms with Crippen molar-refractivity contribution in [3.63, 3.8) is 0 Å². The molecule has 2 amide bonds. The minimum Gasteiger partial charge on any atom is -0.378 e. The number of carbonyl (C=O) groups excluding carboxylic acids is 2. The smallest absolute Gasteiger partial charge is 0.257 e. The molecule has 0 spiro atoms. The van der Waals surface area contributed by atoms with Crippen LogP contribution in [-0.2, 0) is 4.74 Å². The zero-order valence-corrected chi connectivity index (χ0v) is 18.4. The van der Waals surface area contributed by atoms with E-state index in [0.717, 1.165) is 18.9 Å². The molecule has 3 aromatic rings. The Morgan fingerprint density at radius 1 is 0.906 bits per heavy atom. The van der Waals surface area contributed by atoms with E-state index in [0.29, 0.717) is 40.7 Å². The Hall–Kier alpha value is -3.20. The lowest BCUT2D eigenvalue weighted by atomic mass is 10.2. The van der Waals surface area contributed by atoms with Gasteiger partial charge in [-0.05, 0) is 42.5 Å². The van der Waals surface area contributed by atoms with Gasteiger partial charge in [0.1, 0.15) is 11.0 Å². The molecule has 164 valence electrons. The number of benzene rings is 1. The van der Waals surface area contributed by atoms with E-state index >= 15 is 0 Å². The van der Waals surface area contributed by atoms with Crippen molar-refractivity contribution in [1.29, 1.82) is 0 Å². The molecule has 3 heterocycles. The van der Waals surface area contributed by atoms with Crippen molar-refractivity contribution in [3.05, 3.63) is 76.2 Å². The first kappa shape index (κ1) is 22.0. The molecule has 1 aliphatic rings. The van der Waals surface area contributed by atoms with Crippen LogP contribution in [-0.4, -0.2) is 48.1 Å². The molecule has 0 saturated carbocycles. The number of morpholine rings is 1. The first-order valence-electron chi connectivity index (χ1n) is 9.82. The molecule has 10 heteroatoms. The molecule has 2 N–H and O–H groups in total. The van der Waals surface area contributed by atoms with Crippen LogP contribution in [0.2, 0.25) is 10.2 Å². The molecule has 2 aromatic heterocycles. The third-order valence-electron chi connectivity index (χ3n) is 4.80. The second kappa shape index (κ2) is 9.95. The van der Waals surface area contributed by atoms with Crippen LogP contribution in [0.4, 0.5) is 17.2 Å². The molecule has 8 nitrogen and oxygen atoms in total. The Bertz CT molecular complexity index is 1130. The van der Waals surface area contributed by atoms with Crippen LogP contribution < -0.4 is 15.5 Å². The van der Waals surface area contributed by atoms with Gasteiger partial charge in [-0.25, -0.2) is 9.97 Å². The van der Waals surface area contributed by atoms with Crippen LogP contribution in [0.15, 0.2) is 54.9 Å². The maximum absolute atomic E-state index is 12.8. The van der Waals surface area contributed by atoms with Gasteiger partial charge in [0, 0.05) is 36.7 Å². The number of amides is 2. The van der Waals surface area contributed by atoms with Crippen molar-refractivity contribution in [2.75, 3.05) is 41.8 Å². The fourth-order valence-electron chi connectivity index (χ4n) is 3.13. The molecular formula is C22H19Cl2N5O3. The van der Waals surface area contributed by atoms with Crippen molar-refractivity contribution in [1.82, 2.24) is 9.97 Å². The molecule has 4 rings (SSSR count). The maximum Gasteiger partial charge on any atom is 0.257 e. The third kappa shape index (κ3) is 5.34. The number of nitrogens with zero attached hydrogens (tertiary/aromatic N) is 3. The second-order valence-corrected chi connectivity index (χ2v) is 7.77. The molecule has 0 bridgehead atoms. The number of nitrogens with one attached hydrogen (secondary N) is 2. The molecule has 1 aliphatic heterocycles.